The summed E-state index contributed by atoms with van der Waals surface area (Å²) in [4.78, 5) is 0. The Labute approximate surface area is 104 Å². The number of hydrogen-bond acceptors (Lipinski definition) is 0. The number of hydrogen-bond donors (Lipinski definition) is 0. The molecule has 0 spiro atoms. The van der Waals surface area contributed by atoms with Gasteiger partial charge >= 0.3 is 0 Å². The summed E-state index contributed by atoms with van der Waals surface area (Å²) in [7, 11) is 0. The van der Waals surface area contributed by atoms with Crippen molar-refractivity contribution in [2.45, 2.75) is 62.3 Å². The van der Waals surface area contributed by atoms with Crippen LogP contribution in [0.25, 0.3) is 0 Å². The van der Waals surface area contributed by atoms with Crippen molar-refractivity contribution in [1.29, 1.82) is 0 Å². The summed E-state index contributed by atoms with van der Waals surface area (Å²) in [6, 6.07) is 0. The Kier molecular flexibility index (Phi) is 5.29. The quantitative estimate of drug-likeness (QED) is 0.538. The molecular weight excluding hydrogens is 192 g/mol. The molecule has 0 aromatic rings. The Morgan fingerprint density at radius 3 is 1.56 bits per heavy atom. The van der Waals surface area contributed by atoms with Crippen molar-refractivity contribution in [3.63, 3.8) is 0 Å². The largest absolute Gasteiger partial charge is 0.0914 e. The first kappa shape index (κ1) is 15.7. The van der Waals surface area contributed by atoms with Gasteiger partial charge in [0.05, 0.1) is 0 Å². The minimum atomic E-state index is 0.323. The second kappa shape index (κ2) is 5.38. The molecule has 0 bridgehead atoms. The van der Waals surface area contributed by atoms with Gasteiger partial charge in [0, 0.05) is 0 Å². The third-order valence-corrected chi connectivity index (χ3v) is 5.42. The highest BCUT2D eigenvalue weighted by Gasteiger charge is 2.44. The lowest BCUT2D eigenvalue weighted by Crippen LogP contribution is -2.43. The summed E-state index contributed by atoms with van der Waals surface area (Å²) in [6.45, 7) is 21.2. The van der Waals surface area contributed by atoms with Crippen LogP contribution in [0.15, 0.2) is 12.2 Å². The lowest BCUT2D eigenvalue weighted by molar-refractivity contribution is -0.00263. The third kappa shape index (κ3) is 2.90. The van der Waals surface area contributed by atoms with Crippen LogP contribution in [0.2, 0.25) is 0 Å². The molecule has 96 valence electrons. The summed E-state index contributed by atoms with van der Waals surface area (Å²) >= 11 is 0. The first-order valence-electron chi connectivity index (χ1n) is 6.71. The van der Waals surface area contributed by atoms with Crippen LogP contribution in [0.3, 0.4) is 0 Å². The standard InChI is InChI=1S/C16H32/c1-10-11-13(4)15(6,7)16(8,9)14(5)12(2)3/h10-14H,1-9H3. The Morgan fingerprint density at radius 2 is 1.25 bits per heavy atom. The molecule has 0 radical (unpaired) electrons. The zero-order valence-corrected chi connectivity index (χ0v) is 12.9. The van der Waals surface area contributed by atoms with Crippen molar-refractivity contribution in [2.24, 2.45) is 28.6 Å². The second-order valence-corrected chi connectivity index (χ2v) is 6.79. The molecule has 0 aliphatic rings. The summed E-state index contributed by atoms with van der Waals surface area (Å²) in [5.41, 5.74) is 0.670. The van der Waals surface area contributed by atoms with Crippen LogP contribution in [-0.4, -0.2) is 0 Å². The van der Waals surface area contributed by atoms with Crippen LogP contribution in [0.1, 0.15) is 62.3 Å². The highest BCUT2D eigenvalue weighted by molar-refractivity contribution is 5.00. The van der Waals surface area contributed by atoms with E-state index < -0.39 is 0 Å². The predicted molar refractivity (Wildman–Crippen MR) is 75.5 cm³/mol. The molecule has 0 heterocycles. The van der Waals surface area contributed by atoms with E-state index in [4.69, 9.17) is 0 Å². The lowest BCUT2D eigenvalue weighted by Gasteiger charge is -2.50. The maximum absolute atomic E-state index is 2.43. The molecule has 0 aromatic carbocycles. The minimum absolute atomic E-state index is 0.323. The van der Waals surface area contributed by atoms with E-state index in [0.717, 1.165) is 11.8 Å². The van der Waals surface area contributed by atoms with Gasteiger partial charge in [-0.1, -0.05) is 67.5 Å². The van der Waals surface area contributed by atoms with Gasteiger partial charge in [-0.15, -0.1) is 0 Å². The van der Waals surface area contributed by atoms with E-state index >= 15 is 0 Å². The van der Waals surface area contributed by atoms with Crippen molar-refractivity contribution in [3.05, 3.63) is 12.2 Å². The second-order valence-electron chi connectivity index (χ2n) is 6.79. The van der Waals surface area contributed by atoms with Gasteiger partial charge < -0.3 is 0 Å². The van der Waals surface area contributed by atoms with Crippen molar-refractivity contribution < 1.29 is 0 Å². The zero-order chi connectivity index (χ0) is 13.1. The first-order chi connectivity index (χ1) is 7.09. The number of rotatable bonds is 5. The molecule has 16 heavy (non-hydrogen) atoms. The van der Waals surface area contributed by atoms with Gasteiger partial charge in [0.15, 0.2) is 0 Å². The normalized spacial score (nSPS) is 18.1. The van der Waals surface area contributed by atoms with E-state index in [1.807, 2.05) is 0 Å². The number of allylic oxidation sites excluding steroid dienone is 2. The zero-order valence-electron chi connectivity index (χ0n) is 12.9. The molecule has 0 N–H and O–H groups in total. The summed E-state index contributed by atoms with van der Waals surface area (Å²) in [5, 5.41) is 0. The maximum Gasteiger partial charge on any atom is -0.0205 e. The van der Waals surface area contributed by atoms with Gasteiger partial charge in [0.2, 0.25) is 0 Å². The van der Waals surface area contributed by atoms with Crippen molar-refractivity contribution in [2.75, 3.05) is 0 Å². The molecule has 0 heteroatoms. The molecule has 2 unspecified atom stereocenters. The van der Waals surface area contributed by atoms with E-state index in [1.54, 1.807) is 0 Å². The minimum Gasteiger partial charge on any atom is -0.0914 e. The molecule has 2 atom stereocenters. The highest BCUT2D eigenvalue weighted by Crippen LogP contribution is 2.51. The Hall–Kier alpha value is -0.260. The van der Waals surface area contributed by atoms with Gasteiger partial charge in [-0.05, 0) is 35.5 Å². The van der Waals surface area contributed by atoms with Crippen LogP contribution < -0.4 is 0 Å². The first-order valence-corrected chi connectivity index (χ1v) is 6.71. The molecule has 0 aliphatic heterocycles. The molecular formula is C16H32. The van der Waals surface area contributed by atoms with Crippen LogP contribution in [0.5, 0.6) is 0 Å². The Balaban J connectivity index is 5.11. The van der Waals surface area contributed by atoms with E-state index in [0.29, 0.717) is 16.7 Å². The SMILES string of the molecule is CC=CC(C)C(C)(C)C(C)(C)C(C)C(C)C. The Morgan fingerprint density at radius 1 is 0.812 bits per heavy atom. The highest BCUT2D eigenvalue weighted by atomic mass is 14.5. The molecule has 0 aliphatic carbocycles. The summed E-state index contributed by atoms with van der Waals surface area (Å²) < 4.78 is 0. The Bertz CT molecular complexity index is 230. The molecule has 0 nitrogen and oxygen atoms in total. The topological polar surface area (TPSA) is 0 Å². The van der Waals surface area contributed by atoms with Crippen LogP contribution in [0.4, 0.5) is 0 Å². The third-order valence-electron chi connectivity index (χ3n) is 5.42. The van der Waals surface area contributed by atoms with Gasteiger partial charge in [-0.3, -0.25) is 0 Å². The fourth-order valence-corrected chi connectivity index (χ4v) is 2.54. The lowest BCUT2D eigenvalue weighted by atomic mass is 9.55. The van der Waals surface area contributed by atoms with Crippen LogP contribution >= 0.6 is 0 Å². The van der Waals surface area contributed by atoms with Crippen molar-refractivity contribution in [3.8, 4) is 0 Å². The molecule has 0 rings (SSSR count). The van der Waals surface area contributed by atoms with Gasteiger partial charge in [-0.2, -0.15) is 0 Å². The van der Waals surface area contributed by atoms with Gasteiger partial charge in [0.1, 0.15) is 0 Å². The molecule has 0 fully saturated rings. The van der Waals surface area contributed by atoms with E-state index in [-0.39, 0.29) is 0 Å². The van der Waals surface area contributed by atoms with Crippen LogP contribution in [0, 0.1) is 28.6 Å². The van der Waals surface area contributed by atoms with Crippen LogP contribution in [-0.2, 0) is 0 Å². The summed E-state index contributed by atoms with van der Waals surface area (Å²) in [6.07, 6.45) is 4.53. The predicted octanol–water partition coefficient (Wildman–Crippen LogP) is 5.54. The maximum atomic E-state index is 2.43. The fraction of sp³-hybridized carbons (Fsp3) is 0.875. The average Bonchev–Trinajstić information content (AvgIpc) is 2.16. The summed E-state index contributed by atoms with van der Waals surface area (Å²) in [5.74, 6) is 2.09. The van der Waals surface area contributed by atoms with E-state index in [9.17, 15) is 0 Å². The fourth-order valence-electron chi connectivity index (χ4n) is 2.54. The molecule has 0 aromatic heterocycles. The van der Waals surface area contributed by atoms with Crippen molar-refractivity contribution >= 4 is 0 Å². The van der Waals surface area contributed by atoms with Crippen molar-refractivity contribution in [1.82, 2.24) is 0 Å². The van der Waals surface area contributed by atoms with E-state index in [1.165, 1.54) is 0 Å². The molecule has 0 saturated carbocycles. The molecule has 0 saturated heterocycles. The smallest absolute Gasteiger partial charge is 0.0205 e. The molecule has 0 amide bonds. The monoisotopic (exact) mass is 224 g/mol. The van der Waals surface area contributed by atoms with Gasteiger partial charge in [-0.25, -0.2) is 0 Å². The van der Waals surface area contributed by atoms with Gasteiger partial charge in [0.25, 0.3) is 0 Å². The van der Waals surface area contributed by atoms with E-state index in [2.05, 4.69) is 74.5 Å². The average molecular weight is 224 g/mol.